The first-order valence-electron chi connectivity index (χ1n) is 6.74. The predicted molar refractivity (Wildman–Crippen MR) is 79.1 cm³/mol. The number of nitrogens with zero attached hydrogens (tertiary/aromatic N) is 1. The van der Waals surface area contributed by atoms with E-state index in [4.69, 9.17) is 5.11 Å². The van der Waals surface area contributed by atoms with E-state index in [0.717, 1.165) is 12.1 Å². The minimum absolute atomic E-state index is 0.161. The van der Waals surface area contributed by atoms with E-state index >= 15 is 0 Å². The van der Waals surface area contributed by atoms with Gasteiger partial charge >= 0.3 is 5.97 Å². The largest absolute Gasteiger partial charge is 0.481 e. The molecule has 1 unspecified atom stereocenters. The van der Waals surface area contributed by atoms with Crippen molar-refractivity contribution in [1.82, 2.24) is 5.32 Å². The standard InChI is InChI=1S/C15H22N2O3/c1-4-6-12(15(19)20)10-16-14(18)11-7-5-8-13(9-11)17(2)3/h5,7-9,12H,4,6,10H2,1-3H3,(H,16,18)(H,19,20). The first-order valence-corrected chi connectivity index (χ1v) is 6.74. The Morgan fingerprint density at radius 1 is 1.35 bits per heavy atom. The molecule has 0 aliphatic heterocycles. The molecule has 0 aliphatic rings. The number of nitrogens with one attached hydrogen (secondary N) is 1. The van der Waals surface area contributed by atoms with Crippen molar-refractivity contribution >= 4 is 17.6 Å². The smallest absolute Gasteiger partial charge is 0.308 e. The minimum atomic E-state index is -0.866. The number of hydrogen-bond donors (Lipinski definition) is 2. The van der Waals surface area contributed by atoms with Gasteiger partial charge in [0.1, 0.15) is 0 Å². The lowest BCUT2D eigenvalue weighted by Gasteiger charge is -2.15. The molecule has 0 fully saturated rings. The molecular formula is C15H22N2O3. The second-order valence-electron chi connectivity index (χ2n) is 4.98. The van der Waals surface area contributed by atoms with Gasteiger partial charge in [-0.05, 0) is 24.6 Å². The summed E-state index contributed by atoms with van der Waals surface area (Å²) in [5, 5.41) is 11.7. The van der Waals surface area contributed by atoms with Crippen molar-refractivity contribution in [1.29, 1.82) is 0 Å². The fourth-order valence-corrected chi connectivity index (χ4v) is 1.90. The molecule has 5 heteroatoms. The van der Waals surface area contributed by atoms with Crippen LogP contribution in [0.1, 0.15) is 30.1 Å². The van der Waals surface area contributed by atoms with Crippen molar-refractivity contribution in [2.45, 2.75) is 19.8 Å². The Labute approximate surface area is 119 Å². The van der Waals surface area contributed by atoms with Gasteiger partial charge in [-0.15, -0.1) is 0 Å². The van der Waals surface area contributed by atoms with Crippen LogP contribution in [0.25, 0.3) is 0 Å². The summed E-state index contributed by atoms with van der Waals surface area (Å²) in [5.41, 5.74) is 1.47. The molecule has 1 atom stereocenters. The zero-order valence-electron chi connectivity index (χ0n) is 12.2. The van der Waals surface area contributed by atoms with Gasteiger partial charge in [-0.25, -0.2) is 0 Å². The van der Waals surface area contributed by atoms with Crippen LogP contribution in [0.15, 0.2) is 24.3 Å². The van der Waals surface area contributed by atoms with Gasteiger partial charge in [0.05, 0.1) is 5.92 Å². The van der Waals surface area contributed by atoms with Crippen LogP contribution in [0.4, 0.5) is 5.69 Å². The summed E-state index contributed by atoms with van der Waals surface area (Å²) in [4.78, 5) is 25.0. The van der Waals surface area contributed by atoms with E-state index in [1.807, 2.05) is 38.1 Å². The Bertz CT molecular complexity index is 472. The molecule has 1 aromatic rings. The molecule has 0 radical (unpaired) electrons. The van der Waals surface area contributed by atoms with E-state index in [1.165, 1.54) is 0 Å². The molecule has 0 saturated heterocycles. The topological polar surface area (TPSA) is 69.6 Å². The van der Waals surface area contributed by atoms with Crippen LogP contribution in [0.2, 0.25) is 0 Å². The lowest BCUT2D eigenvalue weighted by molar-refractivity contribution is -0.141. The zero-order chi connectivity index (χ0) is 15.1. The maximum atomic E-state index is 12.0. The van der Waals surface area contributed by atoms with Crippen molar-refractivity contribution < 1.29 is 14.7 Å². The number of carbonyl (C=O) groups is 2. The molecule has 0 saturated carbocycles. The first-order chi connectivity index (χ1) is 9.45. The second kappa shape index (κ2) is 7.53. The molecule has 0 bridgehead atoms. The zero-order valence-corrected chi connectivity index (χ0v) is 12.2. The van der Waals surface area contributed by atoms with Gasteiger partial charge < -0.3 is 15.3 Å². The number of anilines is 1. The Morgan fingerprint density at radius 2 is 2.05 bits per heavy atom. The summed E-state index contributed by atoms with van der Waals surface area (Å²) in [7, 11) is 3.80. The molecule has 5 nitrogen and oxygen atoms in total. The van der Waals surface area contributed by atoms with Crippen molar-refractivity contribution in [2.75, 3.05) is 25.5 Å². The second-order valence-corrected chi connectivity index (χ2v) is 4.98. The third-order valence-corrected chi connectivity index (χ3v) is 3.12. The third-order valence-electron chi connectivity index (χ3n) is 3.12. The molecule has 20 heavy (non-hydrogen) atoms. The summed E-state index contributed by atoms with van der Waals surface area (Å²) in [6, 6.07) is 7.22. The van der Waals surface area contributed by atoms with Gasteiger partial charge in [-0.1, -0.05) is 19.4 Å². The molecule has 0 spiro atoms. The van der Waals surface area contributed by atoms with Crippen LogP contribution in [-0.4, -0.2) is 37.6 Å². The van der Waals surface area contributed by atoms with E-state index in [-0.39, 0.29) is 12.5 Å². The van der Waals surface area contributed by atoms with E-state index in [0.29, 0.717) is 12.0 Å². The molecule has 0 heterocycles. The average Bonchev–Trinajstić information content (AvgIpc) is 2.42. The fraction of sp³-hybridized carbons (Fsp3) is 0.467. The Kier molecular flexibility index (Phi) is 6.03. The van der Waals surface area contributed by atoms with Crippen molar-refractivity contribution in [2.24, 2.45) is 5.92 Å². The number of hydrogen-bond acceptors (Lipinski definition) is 3. The summed E-state index contributed by atoms with van der Waals surface area (Å²) < 4.78 is 0. The third kappa shape index (κ3) is 4.57. The van der Waals surface area contributed by atoms with Crippen LogP contribution in [0.3, 0.4) is 0 Å². The van der Waals surface area contributed by atoms with E-state index in [1.54, 1.807) is 12.1 Å². The number of benzene rings is 1. The summed E-state index contributed by atoms with van der Waals surface area (Å²) >= 11 is 0. The van der Waals surface area contributed by atoms with E-state index < -0.39 is 11.9 Å². The van der Waals surface area contributed by atoms with Crippen molar-refractivity contribution in [3.63, 3.8) is 0 Å². The maximum Gasteiger partial charge on any atom is 0.308 e. The summed E-state index contributed by atoms with van der Waals surface area (Å²) in [6.07, 6.45) is 1.34. The highest BCUT2D eigenvalue weighted by atomic mass is 16.4. The van der Waals surface area contributed by atoms with Gasteiger partial charge in [0.25, 0.3) is 5.91 Å². The highest BCUT2D eigenvalue weighted by Gasteiger charge is 2.17. The Hall–Kier alpha value is -2.04. The van der Waals surface area contributed by atoms with Crippen LogP contribution in [-0.2, 0) is 4.79 Å². The van der Waals surface area contributed by atoms with Crippen LogP contribution in [0, 0.1) is 5.92 Å². The lowest BCUT2D eigenvalue weighted by atomic mass is 10.0. The molecule has 1 amide bonds. The molecule has 1 aromatic carbocycles. The predicted octanol–water partition coefficient (Wildman–Crippen LogP) is 1.98. The summed E-state index contributed by atoms with van der Waals surface area (Å²) in [5.74, 6) is -1.63. The van der Waals surface area contributed by atoms with Gasteiger partial charge in [-0.2, -0.15) is 0 Å². The molecule has 110 valence electrons. The number of rotatable bonds is 7. The van der Waals surface area contributed by atoms with Gasteiger partial charge in [-0.3, -0.25) is 9.59 Å². The Morgan fingerprint density at radius 3 is 2.60 bits per heavy atom. The normalized spacial score (nSPS) is 11.8. The fourth-order valence-electron chi connectivity index (χ4n) is 1.90. The number of aliphatic carboxylic acids is 1. The molecule has 0 aliphatic carbocycles. The molecule has 1 rings (SSSR count). The highest BCUT2D eigenvalue weighted by Crippen LogP contribution is 2.13. The van der Waals surface area contributed by atoms with Crippen LogP contribution < -0.4 is 10.2 Å². The lowest BCUT2D eigenvalue weighted by Crippen LogP contribution is -2.33. The molecular weight excluding hydrogens is 256 g/mol. The van der Waals surface area contributed by atoms with Gasteiger partial charge in [0, 0.05) is 31.9 Å². The number of carbonyl (C=O) groups excluding carboxylic acids is 1. The maximum absolute atomic E-state index is 12.0. The average molecular weight is 278 g/mol. The van der Waals surface area contributed by atoms with Crippen LogP contribution in [0.5, 0.6) is 0 Å². The monoisotopic (exact) mass is 278 g/mol. The Balaban J connectivity index is 2.66. The van der Waals surface area contributed by atoms with Gasteiger partial charge in [0.15, 0.2) is 0 Å². The highest BCUT2D eigenvalue weighted by molar-refractivity contribution is 5.95. The van der Waals surface area contributed by atoms with Crippen molar-refractivity contribution in [3.05, 3.63) is 29.8 Å². The number of carboxylic acid groups (broad SMARTS) is 1. The first kappa shape index (κ1) is 16.0. The van der Waals surface area contributed by atoms with Crippen LogP contribution >= 0.6 is 0 Å². The molecule has 0 aromatic heterocycles. The quantitative estimate of drug-likeness (QED) is 0.800. The number of amides is 1. The van der Waals surface area contributed by atoms with E-state index in [9.17, 15) is 9.59 Å². The van der Waals surface area contributed by atoms with Gasteiger partial charge in [0.2, 0.25) is 0 Å². The van der Waals surface area contributed by atoms with Crippen molar-refractivity contribution in [3.8, 4) is 0 Å². The molecule has 2 N–H and O–H groups in total. The number of carboxylic acids is 1. The minimum Gasteiger partial charge on any atom is -0.481 e. The summed E-state index contributed by atoms with van der Waals surface area (Å²) in [6.45, 7) is 2.09. The SMILES string of the molecule is CCCC(CNC(=O)c1cccc(N(C)C)c1)C(=O)O. The van der Waals surface area contributed by atoms with E-state index in [2.05, 4.69) is 5.32 Å².